The third-order valence-corrected chi connectivity index (χ3v) is 5.44. The molecule has 1 saturated heterocycles. The van der Waals surface area contributed by atoms with Crippen LogP contribution in [0.2, 0.25) is 0 Å². The van der Waals surface area contributed by atoms with E-state index in [4.69, 9.17) is 4.74 Å². The Labute approximate surface area is 147 Å². The molecule has 0 spiro atoms. The average molecular weight is 344 g/mol. The van der Waals surface area contributed by atoms with Crippen LogP contribution in [0.3, 0.4) is 0 Å². The number of carbonyl (C=O) groups is 1. The third kappa shape index (κ3) is 4.09. The van der Waals surface area contributed by atoms with Gasteiger partial charge in [-0.05, 0) is 42.0 Å². The van der Waals surface area contributed by atoms with Crippen LogP contribution in [0.5, 0.6) is 5.75 Å². The second-order valence-corrected chi connectivity index (χ2v) is 7.06. The van der Waals surface area contributed by atoms with Gasteiger partial charge in [0.2, 0.25) is 0 Å². The number of likely N-dealkylation sites (tertiary alicyclic amines) is 1. The van der Waals surface area contributed by atoms with Gasteiger partial charge in [-0.15, -0.1) is 11.3 Å². The van der Waals surface area contributed by atoms with Crippen LogP contribution in [-0.4, -0.2) is 24.6 Å². The highest BCUT2D eigenvalue weighted by molar-refractivity contribution is 7.10. The summed E-state index contributed by atoms with van der Waals surface area (Å²) in [4.78, 5) is 16.1. The number of amides is 2. The zero-order valence-electron chi connectivity index (χ0n) is 14.0. The highest BCUT2D eigenvalue weighted by atomic mass is 32.1. The molecule has 1 aromatic carbocycles. The minimum Gasteiger partial charge on any atom is -0.497 e. The van der Waals surface area contributed by atoms with Crippen LogP contribution >= 0.6 is 11.3 Å². The monoisotopic (exact) mass is 344 g/mol. The van der Waals surface area contributed by atoms with Crippen molar-refractivity contribution in [2.24, 2.45) is 0 Å². The molecule has 0 saturated carbocycles. The summed E-state index contributed by atoms with van der Waals surface area (Å²) in [5.74, 6) is 0.813. The van der Waals surface area contributed by atoms with Gasteiger partial charge in [0.05, 0.1) is 13.2 Å². The number of carbonyl (C=O) groups excluding carboxylic acids is 1. The maximum Gasteiger partial charge on any atom is 0.318 e. The molecule has 0 aliphatic carbocycles. The fourth-order valence-corrected chi connectivity index (χ4v) is 4.06. The Kier molecular flexibility index (Phi) is 5.75. The van der Waals surface area contributed by atoms with E-state index in [0.29, 0.717) is 6.54 Å². The number of hydrogen-bond donors (Lipinski definition) is 1. The second-order valence-electron chi connectivity index (χ2n) is 6.08. The molecule has 1 aliphatic rings. The summed E-state index contributed by atoms with van der Waals surface area (Å²) in [6.07, 6.45) is 4.51. The first-order valence-corrected chi connectivity index (χ1v) is 9.36. The summed E-state index contributed by atoms with van der Waals surface area (Å²) in [6, 6.07) is 12.3. The van der Waals surface area contributed by atoms with Crippen LogP contribution in [0.15, 0.2) is 41.8 Å². The highest BCUT2D eigenvalue weighted by Crippen LogP contribution is 2.32. The van der Waals surface area contributed by atoms with Crippen molar-refractivity contribution in [3.05, 3.63) is 52.2 Å². The van der Waals surface area contributed by atoms with Crippen LogP contribution < -0.4 is 10.1 Å². The average Bonchev–Trinajstić information content (AvgIpc) is 3.04. The van der Waals surface area contributed by atoms with E-state index in [1.165, 1.54) is 17.7 Å². The predicted molar refractivity (Wildman–Crippen MR) is 97.5 cm³/mol. The molecule has 2 aromatic rings. The number of hydrogen-bond acceptors (Lipinski definition) is 3. The minimum atomic E-state index is 0.0260. The van der Waals surface area contributed by atoms with E-state index < -0.39 is 0 Å². The van der Waals surface area contributed by atoms with Gasteiger partial charge in [0.1, 0.15) is 5.75 Å². The third-order valence-electron chi connectivity index (χ3n) is 4.46. The van der Waals surface area contributed by atoms with Gasteiger partial charge in [-0.2, -0.15) is 0 Å². The van der Waals surface area contributed by atoms with Crippen molar-refractivity contribution < 1.29 is 9.53 Å². The van der Waals surface area contributed by atoms with Crippen molar-refractivity contribution in [3.63, 3.8) is 0 Å². The number of benzene rings is 1. The van der Waals surface area contributed by atoms with Crippen molar-refractivity contribution in [2.45, 2.75) is 38.3 Å². The quantitative estimate of drug-likeness (QED) is 0.882. The first-order chi connectivity index (χ1) is 11.8. The molecule has 4 nitrogen and oxygen atoms in total. The van der Waals surface area contributed by atoms with E-state index in [1.54, 1.807) is 18.4 Å². The summed E-state index contributed by atoms with van der Waals surface area (Å²) in [6.45, 7) is 1.34. The van der Waals surface area contributed by atoms with Crippen LogP contribution in [-0.2, 0) is 6.54 Å². The van der Waals surface area contributed by atoms with Crippen LogP contribution in [0.25, 0.3) is 0 Å². The topological polar surface area (TPSA) is 41.6 Å². The van der Waals surface area contributed by atoms with E-state index in [0.717, 1.165) is 30.7 Å². The Morgan fingerprint density at radius 2 is 2.21 bits per heavy atom. The van der Waals surface area contributed by atoms with Gasteiger partial charge >= 0.3 is 6.03 Å². The van der Waals surface area contributed by atoms with Gasteiger partial charge in [-0.25, -0.2) is 4.79 Å². The maximum absolute atomic E-state index is 12.8. The molecule has 2 heterocycles. The van der Waals surface area contributed by atoms with Gasteiger partial charge in [0.15, 0.2) is 0 Å². The van der Waals surface area contributed by atoms with E-state index in [1.807, 2.05) is 29.2 Å². The first kappa shape index (κ1) is 16.8. The lowest BCUT2D eigenvalue weighted by atomic mass is 10.1. The van der Waals surface area contributed by atoms with Crippen LogP contribution in [0.1, 0.15) is 42.2 Å². The van der Waals surface area contributed by atoms with Crippen LogP contribution in [0.4, 0.5) is 4.79 Å². The Morgan fingerprint density at radius 1 is 1.29 bits per heavy atom. The van der Waals surface area contributed by atoms with E-state index >= 15 is 0 Å². The molecule has 128 valence electrons. The van der Waals surface area contributed by atoms with E-state index in [9.17, 15) is 4.79 Å². The Hall–Kier alpha value is -2.01. The number of thiophene rings is 1. The number of nitrogens with one attached hydrogen (secondary N) is 1. The molecule has 1 aliphatic heterocycles. The van der Waals surface area contributed by atoms with E-state index in [-0.39, 0.29) is 12.1 Å². The molecular formula is C19H24N2O2S. The lowest BCUT2D eigenvalue weighted by molar-refractivity contribution is 0.176. The largest absolute Gasteiger partial charge is 0.497 e. The van der Waals surface area contributed by atoms with Crippen LogP contribution in [0, 0.1) is 0 Å². The molecular weight excluding hydrogens is 320 g/mol. The Balaban J connectivity index is 1.67. The van der Waals surface area contributed by atoms with Gasteiger partial charge in [0, 0.05) is 18.0 Å². The van der Waals surface area contributed by atoms with Gasteiger partial charge in [-0.3, -0.25) is 0 Å². The lowest BCUT2D eigenvalue weighted by Gasteiger charge is -2.29. The lowest BCUT2D eigenvalue weighted by Crippen LogP contribution is -2.41. The van der Waals surface area contributed by atoms with E-state index in [2.05, 4.69) is 22.8 Å². The summed E-state index contributed by atoms with van der Waals surface area (Å²) < 4.78 is 5.24. The fourth-order valence-electron chi connectivity index (χ4n) is 3.19. The zero-order chi connectivity index (χ0) is 16.8. The Morgan fingerprint density at radius 3 is 3.00 bits per heavy atom. The maximum atomic E-state index is 12.8. The molecule has 0 radical (unpaired) electrons. The summed E-state index contributed by atoms with van der Waals surface area (Å²) in [7, 11) is 1.65. The van der Waals surface area contributed by atoms with Crippen molar-refractivity contribution in [2.75, 3.05) is 13.7 Å². The molecule has 3 rings (SSSR count). The van der Waals surface area contributed by atoms with Gasteiger partial charge in [-0.1, -0.05) is 31.0 Å². The fraction of sp³-hybridized carbons (Fsp3) is 0.421. The highest BCUT2D eigenvalue weighted by Gasteiger charge is 2.27. The molecule has 2 amide bonds. The van der Waals surface area contributed by atoms with Gasteiger partial charge in [0.25, 0.3) is 0 Å². The van der Waals surface area contributed by atoms with Gasteiger partial charge < -0.3 is 15.0 Å². The number of methoxy groups -OCH3 is 1. The zero-order valence-corrected chi connectivity index (χ0v) is 14.8. The molecule has 1 atom stereocenters. The Bertz CT molecular complexity index is 657. The van der Waals surface area contributed by atoms with Crippen molar-refractivity contribution in [3.8, 4) is 5.75 Å². The number of nitrogens with zero attached hydrogens (tertiary/aromatic N) is 1. The van der Waals surface area contributed by atoms with Crippen molar-refractivity contribution >= 4 is 17.4 Å². The summed E-state index contributed by atoms with van der Waals surface area (Å²) in [5, 5.41) is 5.17. The predicted octanol–water partition coefficient (Wildman–Crippen LogP) is 4.58. The molecule has 1 aromatic heterocycles. The SMILES string of the molecule is COc1cccc(CNC(=O)N2CCCCC[C@H]2c2cccs2)c1. The summed E-state index contributed by atoms with van der Waals surface area (Å²) in [5.41, 5.74) is 1.05. The van der Waals surface area contributed by atoms with Crippen molar-refractivity contribution in [1.82, 2.24) is 10.2 Å². The number of urea groups is 1. The number of rotatable bonds is 4. The molecule has 5 heteroatoms. The smallest absolute Gasteiger partial charge is 0.318 e. The molecule has 0 bridgehead atoms. The molecule has 24 heavy (non-hydrogen) atoms. The normalized spacial score (nSPS) is 18.0. The minimum absolute atomic E-state index is 0.0260. The molecule has 1 fully saturated rings. The standard InChI is InChI=1S/C19H24N2O2S/c1-23-16-8-5-7-15(13-16)14-20-19(22)21-11-4-2-3-9-17(21)18-10-6-12-24-18/h5-8,10,12-13,17H,2-4,9,11,14H2,1H3,(H,20,22)/t17-/m0/s1. The first-order valence-electron chi connectivity index (χ1n) is 8.49. The second kappa shape index (κ2) is 8.20. The van der Waals surface area contributed by atoms with Crippen molar-refractivity contribution in [1.29, 1.82) is 0 Å². The summed E-state index contributed by atoms with van der Waals surface area (Å²) >= 11 is 1.74. The molecule has 0 unspecified atom stereocenters. The number of ether oxygens (including phenoxy) is 1. The molecule has 1 N–H and O–H groups in total.